The number of hydrogen-bond acceptors (Lipinski definition) is 3. The Balaban J connectivity index is 1.97. The highest BCUT2D eigenvalue weighted by Crippen LogP contribution is 2.46. The van der Waals surface area contributed by atoms with Crippen LogP contribution in [-0.2, 0) is 9.59 Å². The Bertz CT molecular complexity index is 641. The first-order valence-corrected chi connectivity index (χ1v) is 7.52. The van der Waals surface area contributed by atoms with Gasteiger partial charge in [0.15, 0.2) is 0 Å². The number of nitriles is 1. The van der Waals surface area contributed by atoms with E-state index in [4.69, 9.17) is 16.9 Å². The van der Waals surface area contributed by atoms with E-state index in [2.05, 4.69) is 6.92 Å². The number of hydrogen-bond donors (Lipinski definition) is 0. The number of carbonyl (C=O) groups excluding carboxylic acids is 2. The van der Waals surface area contributed by atoms with Gasteiger partial charge in [-0.15, -0.1) is 0 Å². The van der Waals surface area contributed by atoms with Gasteiger partial charge in [-0.25, -0.2) is 4.90 Å². The molecule has 1 saturated heterocycles. The molecule has 21 heavy (non-hydrogen) atoms. The van der Waals surface area contributed by atoms with Gasteiger partial charge < -0.3 is 0 Å². The highest BCUT2D eigenvalue weighted by molar-refractivity contribution is 6.36. The monoisotopic (exact) mass is 302 g/mol. The average molecular weight is 303 g/mol. The first-order valence-electron chi connectivity index (χ1n) is 7.14. The number of amides is 2. The molecule has 1 aromatic rings. The molecule has 5 heteroatoms. The van der Waals surface area contributed by atoms with E-state index in [0.717, 1.165) is 19.3 Å². The molecule has 3 rings (SSSR count). The highest BCUT2D eigenvalue weighted by atomic mass is 35.5. The highest BCUT2D eigenvalue weighted by Gasteiger charge is 2.53. The van der Waals surface area contributed by atoms with Crippen molar-refractivity contribution in [2.24, 2.45) is 17.8 Å². The fraction of sp³-hybridized carbons (Fsp3) is 0.438. The molecule has 1 aromatic carbocycles. The molecule has 1 saturated carbocycles. The number of imide groups is 1. The van der Waals surface area contributed by atoms with Gasteiger partial charge >= 0.3 is 0 Å². The third kappa shape index (κ3) is 2.13. The summed E-state index contributed by atoms with van der Waals surface area (Å²) in [5.74, 6) is -0.319. The maximum atomic E-state index is 12.6. The molecule has 108 valence electrons. The van der Waals surface area contributed by atoms with E-state index in [9.17, 15) is 9.59 Å². The molecule has 1 heterocycles. The molecule has 2 aliphatic rings. The van der Waals surface area contributed by atoms with Crippen molar-refractivity contribution < 1.29 is 9.59 Å². The minimum Gasteiger partial charge on any atom is -0.274 e. The molecule has 2 fully saturated rings. The van der Waals surface area contributed by atoms with E-state index < -0.39 is 0 Å². The predicted molar refractivity (Wildman–Crippen MR) is 78.7 cm³/mol. The Morgan fingerprint density at radius 2 is 1.90 bits per heavy atom. The van der Waals surface area contributed by atoms with E-state index >= 15 is 0 Å². The Morgan fingerprint density at radius 3 is 2.43 bits per heavy atom. The summed E-state index contributed by atoms with van der Waals surface area (Å²) in [6.07, 6.45) is 2.55. The Labute approximate surface area is 128 Å². The van der Waals surface area contributed by atoms with E-state index in [1.807, 2.05) is 6.07 Å². The average Bonchev–Trinajstić information content (AvgIpc) is 3.01. The van der Waals surface area contributed by atoms with Crippen molar-refractivity contribution in [3.63, 3.8) is 0 Å². The fourth-order valence-electron chi connectivity index (χ4n) is 3.45. The van der Waals surface area contributed by atoms with Crippen LogP contribution in [0.3, 0.4) is 0 Å². The SMILES string of the molecule is CCC1CC2C(=O)N(c3cc(C#N)ccc3Cl)C(=O)C2C1. The van der Waals surface area contributed by atoms with Crippen molar-refractivity contribution in [1.82, 2.24) is 0 Å². The smallest absolute Gasteiger partial charge is 0.237 e. The number of halogens is 1. The molecule has 2 atom stereocenters. The van der Waals surface area contributed by atoms with Crippen molar-refractivity contribution in [2.45, 2.75) is 26.2 Å². The van der Waals surface area contributed by atoms with Crippen LogP contribution in [0.4, 0.5) is 5.69 Å². The number of benzene rings is 1. The van der Waals surface area contributed by atoms with Gasteiger partial charge in [0.25, 0.3) is 0 Å². The van der Waals surface area contributed by atoms with Crippen LogP contribution in [0.15, 0.2) is 18.2 Å². The third-order valence-electron chi connectivity index (χ3n) is 4.63. The summed E-state index contributed by atoms with van der Waals surface area (Å²) < 4.78 is 0. The first kappa shape index (κ1) is 14.1. The summed E-state index contributed by atoms with van der Waals surface area (Å²) in [4.78, 5) is 26.3. The maximum Gasteiger partial charge on any atom is 0.237 e. The zero-order chi connectivity index (χ0) is 15.1. The lowest BCUT2D eigenvalue weighted by atomic mass is 10.00. The summed E-state index contributed by atoms with van der Waals surface area (Å²) in [6.45, 7) is 2.09. The molecule has 0 bridgehead atoms. The molecular formula is C16H15ClN2O2. The molecule has 0 N–H and O–H groups in total. The molecule has 0 radical (unpaired) electrons. The molecular weight excluding hydrogens is 288 g/mol. The second-order valence-electron chi connectivity index (χ2n) is 5.75. The molecule has 2 amide bonds. The first-order chi connectivity index (χ1) is 10.1. The van der Waals surface area contributed by atoms with E-state index in [0.29, 0.717) is 22.2 Å². The van der Waals surface area contributed by atoms with Crippen LogP contribution in [0.5, 0.6) is 0 Å². The van der Waals surface area contributed by atoms with Crippen LogP contribution < -0.4 is 4.90 Å². The van der Waals surface area contributed by atoms with Crippen LogP contribution in [0.1, 0.15) is 31.7 Å². The topological polar surface area (TPSA) is 61.2 Å². The number of anilines is 1. The van der Waals surface area contributed by atoms with Crippen LogP contribution in [-0.4, -0.2) is 11.8 Å². The molecule has 4 nitrogen and oxygen atoms in total. The lowest BCUT2D eigenvalue weighted by Crippen LogP contribution is -2.32. The van der Waals surface area contributed by atoms with Crippen LogP contribution in [0.2, 0.25) is 5.02 Å². The van der Waals surface area contributed by atoms with Gasteiger partial charge in [0.1, 0.15) is 0 Å². The molecule has 1 aliphatic carbocycles. The second-order valence-corrected chi connectivity index (χ2v) is 6.16. The van der Waals surface area contributed by atoms with Gasteiger partial charge in [0.2, 0.25) is 11.8 Å². The van der Waals surface area contributed by atoms with E-state index in [-0.39, 0.29) is 23.7 Å². The Kier molecular flexibility index (Phi) is 3.46. The van der Waals surface area contributed by atoms with Crippen molar-refractivity contribution >= 4 is 29.1 Å². The van der Waals surface area contributed by atoms with Gasteiger partial charge in [0.05, 0.1) is 34.2 Å². The summed E-state index contributed by atoms with van der Waals surface area (Å²) in [5, 5.41) is 9.30. The molecule has 0 spiro atoms. The van der Waals surface area contributed by atoms with Gasteiger partial charge in [-0.05, 0) is 37.0 Å². The quantitative estimate of drug-likeness (QED) is 0.789. The van der Waals surface area contributed by atoms with E-state index in [1.54, 1.807) is 12.1 Å². The Morgan fingerprint density at radius 1 is 1.29 bits per heavy atom. The summed E-state index contributed by atoms with van der Waals surface area (Å²) >= 11 is 6.12. The number of nitrogens with zero attached hydrogens (tertiary/aromatic N) is 2. The number of carbonyl (C=O) groups is 2. The molecule has 0 aromatic heterocycles. The Hall–Kier alpha value is -1.86. The van der Waals surface area contributed by atoms with Crippen molar-refractivity contribution in [1.29, 1.82) is 5.26 Å². The summed E-state index contributed by atoms with van der Waals surface area (Å²) in [7, 11) is 0. The van der Waals surface area contributed by atoms with Crippen molar-refractivity contribution in [3.8, 4) is 6.07 Å². The van der Waals surface area contributed by atoms with Crippen LogP contribution in [0.25, 0.3) is 0 Å². The summed E-state index contributed by atoms with van der Waals surface area (Å²) in [5.41, 5.74) is 0.728. The number of rotatable bonds is 2. The van der Waals surface area contributed by atoms with Crippen LogP contribution >= 0.6 is 11.6 Å². The summed E-state index contributed by atoms with van der Waals surface area (Å²) in [6, 6.07) is 6.65. The lowest BCUT2D eigenvalue weighted by Gasteiger charge is -2.19. The minimum absolute atomic E-state index is 0.169. The standard InChI is InChI=1S/C16H15ClN2O2/c1-2-9-5-11-12(6-9)16(21)19(15(11)20)14-7-10(8-18)3-4-13(14)17/h3-4,7,9,11-12H,2,5-6H2,1H3. The van der Waals surface area contributed by atoms with Gasteiger partial charge in [-0.3, -0.25) is 9.59 Å². The van der Waals surface area contributed by atoms with Crippen molar-refractivity contribution in [2.75, 3.05) is 4.90 Å². The normalized spacial score (nSPS) is 27.9. The van der Waals surface area contributed by atoms with Gasteiger partial charge in [0, 0.05) is 0 Å². The molecule has 1 aliphatic heterocycles. The van der Waals surface area contributed by atoms with Gasteiger partial charge in [-0.2, -0.15) is 5.26 Å². The van der Waals surface area contributed by atoms with E-state index in [1.165, 1.54) is 11.0 Å². The zero-order valence-corrected chi connectivity index (χ0v) is 12.4. The zero-order valence-electron chi connectivity index (χ0n) is 11.7. The third-order valence-corrected chi connectivity index (χ3v) is 4.95. The minimum atomic E-state index is -0.218. The second kappa shape index (κ2) is 5.16. The lowest BCUT2D eigenvalue weighted by molar-refractivity contribution is -0.123. The molecule has 2 unspecified atom stereocenters. The predicted octanol–water partition coefficient (Wildman–Crippen LogP) is 3.14. The van der Waals surface area contributed by atoms with Gasteiger partial charge in [-0.1, -0.05) is 24.9 Å². The van der Waals surface area contributed by atoms with Crippen molar-refractivity contribution in [3.05, 3.63) is 28.8 Å². The fourth-order valence-corrected chi connectivity index (χ4v) is 3.66. The maximum absolute atomic E-state index is 12.6. The largest absolute Gasteiger partial charge is 0.274 e. The van der Waals surface area contributed by atoms with Crippen LogP contribution in [0, 0.1) is 29.1 Å². The number of fused-ring (bicyclic) bond motifs is 1.